The molecule has 0 aliphatic carbocycles. The Kier molecular flexibility index (Phi) is 2.14. The Morgan fingerprint density at radius 1 is 1.53 bits per heavy atom. The highest BCUT2D eigenvalue weighted by atomic mass is 16.1. The van der Waals surface area contributed by atoms with Crippen LogP contribution < -0.4 is 5.32 Å². The van der Waals surface area contributed by atoms with E-state index >= 15 is 0 Å². The monoisotopic (exact) mass is 199 g/mol. The first-order chi connectivity index (χ1) is 7.22. The number of pyridine rings is 1. The smallest absolute Gasteiger partial charge is 0.221 e. The van der Waals surface area contributed by atoms with Crippen molar-refractivity contribution in [2.45, 2.75) is 6.92 Å². The molecule has 0 radical (unpaired) electrons. The molecule has 0 saturated heterocycles. The van der Waals surface area contributed by atoms with Crippen molar-refractivity contribution in [2.24, 2.45) is 0 Å². The standard InChI is InChI=1S/C11H9N3O/c1-8(15)13-10-7-14-5-3-2-4-11(14)9(10)6-12/h2-5,7H,1H3,(H,13,15). The summed E-state index contributed by atoms with van der Waals surface area (Å²) < 4.78 is 1.81. The number of amides is 1. The second-order valence-electron chi connectivity index (χ2n) is 3.20. The maximum absolute atomic E-state index is 10.9. The van der Waals surface area contributed by atoms with Crippen LogP contribution in [0.25, 0.3) is 5.52 Å². The zero-order valence-electron chi connectivity index (χ0n) is 8.19. The Morgan fingerprint density at radius 2 is 2.33 bits per heavy atom. The van der Waals surface area contributed by atoms with Gasteiger partial charge >= 0.3 is 0 Å². The molecule has 1 amide bonds. The normalized spacial score (nSPS) is 9.87. The van der Waals surface area contributed by atoms with E-state index in [1.54, 1.807) is 6.20 Å². The number of aromatic nitrogens is 1. The largest absolute Gasteiger partial charge is 0.324 e. The van der Waals surface area contributed by atoms with Crippen LogP contribution in [-0.4, -0.2) is 10.3 Å². The van der Waals surface area contributed by atoms with Gasteiger partial charge in [0.2, 0.25) is 5.91 Å². The van der Waals surface area contributed by atoms with Gasteiger partial charge in [-0.25, -0.2) is 0 Å². The van der Waals surface area contributed by atoms with Gasteiger partial charge in [-0.15, -0.1) is 0 Å². The molecule has 0 bridgehead atoms. The molecule has 2 rings (SSSR count). The van der Waals surface area contributed by atoms with E-state index in [4.69, 9.17) is 5.26 Å². The van der Waals surface area contributed by atoms with Crippen molar-refractivity contribution in [3.05, 3.63) is 36.2 Å². The third-order valence-corrected chi connectivity index (χ3v) is 2.11. The molecular formula is C11H9N3O. The predicted octanol–water partition coefficient (Wildman–Crippen LogP) is 1.77. The minimum absolute atomic E-state index is 0.178. The minimum atomic E-state index is -0.178. The van der Waals surface area contributed by atoms with E-state index in [9.17, 15) is 4.79 Å². The molecule has 4 heteroatoms. The number of nitriles is 1. The highest BCUT2D eigenvalue weighted by molar-refractivity contribution is 5.92. The van der Waals surface area contributed by atoms with Crippen LogP contribution in [0.4, 0.5) is 5.69 Å². The van der Waals surface area contributed by atoms with Gasteiger partial charge in [0.05, 0.1) is 11.2 Å². The van der Waals surface area contributed by atoms with Crippen molar-refractivity contribution in [1.29, 1.82) is 5.26 Å². The van der Waals surface area contributed by atoms with Crippen molar-refractivity contribution >= 4 is 17.1 Å². The summed E-state index contributed by atoms with van der Waals surface area (Å²) >= 11 is 0. The van der Waals surface area contributed by atoms with E-state index < -0.39 is 0 Å². The van der Waals surface area contributed by atoms with Gasteiger partial charge in [0, 0.05) is 19.3 Å². The van der Waals surface area contributed by atoms with E-state index in [0.717, 1.165) is 5.52 Å². The van der Waals surface area contributed by atoms with Gasteiger partial charge in [-0.1, -0.05) is 6.07 Å². The number of fused-ring (bicyclic) bond motifs is 1. The second-order valence-corrected chi connectivity index (χ2v) is 3.20. The maximum Gasteiger partial charge on any atom is 0.221 e. The lowest BCUT2D eigenvalue weighted by atomic mass is 10.2. The van der Waals surface area contributed by atoms with Gasteiger partial charge in [0.1, 0.15) is 11.6 Å². The van der Waals surface area contributed by atoms with E-state index in [1.807, 2.05) is 28.8 Å². The van der Waals surface area contributed by atoms with Gasteiger partial charge in [0.15, 0.2) is 0 Å². The molecule has 0 aliphatic rings. The SMILES string of the molecule is CC(=O)Nc1cn2ccccc2c1C#N. The van der Waals surface area contributed by atoms with Crippen molar-refractivity contribution in [2.75, 3.05) is 5.32 Å². The lowest BCUT2D eigenvalue weighted by Crippen LogP contribution is -2.05. The Balaban J connectivity index is 2.65. The van der Waals surface area contributed by atoms with Crippen molar-refractivity contribution in [3.63, 3.8) is 0 Å². The molecule has 1 N–H and O–H groups in total. The van der Waals surface area contributed by atoms with E-state index in [1.165, 1.54) is 6.92 Å². The molecule has 2 heterocycles. The summed E-state index contributed by atoms with van der Waals surface area (Å²) in [5, 5.41) is 11.6. The number of rotatable bonds is 1. The fraction of sp³-hybridized carbons (Fsp3) is 0.0909. The van der Waals surface area contributed by atoms with Crippen LogP contribution in [-0.2, 0) is 4.79 Å². The molecule has 0 fully saturated rings. The summed E-state index contributed by atoms with van der Waals surface area (Å²) in [6.07, 6.45) is 3.57. The lowest BCUT2D eigenvalue weighted by molar-refractivity contribution is -0.114. The fourth-order valence-corrected chi connectivity index (χ4v) is 1.52. The molecule has 74 valence electrons. The molecule has 0 atom stereocenters. The van der Waals surface area contributed by atoms with Crippen LogP contribution in [0, 0.1) is 11.3 Å². The van der Waals surface area contributed by atoms with E-state index in [2.05, 4.69) is 11.4 Å². The molecule has 0 spiro atoms. The molecule has 0 saturated carbocycles. The second kappa shape index (κ2) is 3.46. The molecule has 0 aliphatic heterocycles. The highest BCUT2D eigenvalue weighted by Crippen LogP contribution is 2.22. The number of anilines is 1. The van der Waals surface area contributed by atoms with Gasteiger partial charge < -0.3 is 9.72 Å². The van der Waals surface area contributed by atoms with Crippen molar-refractivity contribution < 1.29 is 4.79 Å². The summed E-state index contributed by atoms with van der Waals surface area (Å²) in [5.41, 5.74) is 1.84. The minimum Gasteiger partial charge on any atom is -0.324 e. The van der Waals surface area contributed by atoms with Crippen molar-refractivity contribution in [3.8, 4) is 6.07 Å². The number of hydrogen-bond donors (Lipinski definition) is 1. The van der Waals surface area contributed by atoms with Crippen LogP contribution in [0.2, 0.25) is 0 Å². The van der Waals surface area contributed by atoms with Gasteiger partial charge in [0.25, 0.3) is 0 Å². The third-order valence-electron chi connectivity index (χ3n) is 2.11. The van der Waals surface area contributed by atoms with Crippen LogP contribution in [0.15, 0.2) is 30.6 Å². The Bertz CT molecular complexity index is 563. The quantitative estimate of drug-likeness (QED) is 0.760. The molecular weight excluding hydrogens is 190 g/mol. The number of carbonyl (C=O) groups excluding carboxylic acids is 1. The number of hydrogen-bond acceptors (Lipinski definition) is 2. The highest BCUT2D eigenvalue weighted by Gasteiger charge is 2.10. The van der Waals surface area contributed by atoms with Crippen LogP contribution in [0.5, 0.6) is 0 Å². The maximum atomic E-state index is 10.9. The zero-order valence-corrected chi connectivity index (χ0v) is 8.19. The van der Waals surface area contributed by atoms with Crippen LogP contribution in [0.3, 0.4) is 0 Å². The number of nitrogens with one attached hydrogen (secondary N) is 1. The fourth-order valence-electron chi connectivity index (χ4n) is 1.52. The molecule has 0 unspecified atom stereocenters. The summed E-state index contributed by atoms with van der Waals surface area (Å²) in [7, 11) is 0. The first-order valence-corrected chi connectivity index (χ1v) is 4.50. The first-order valence-electron chi connectivity index (χ1n) is 4.50. The molecule has 2 aromatic heterocycles. The predicted molar refractivity (Wildman–Crippen MR) is 56.4 cm³/mol. The lowest BCUT2D eigenvalue weighted by Gasteiger charge is -1.96. The van der Waals surface area contributed by atoms with Crippen molar-refractivity contribution in [1.82, 2.24) is 4.40 Å². The molecule has 15 heavy (non-hydrogen) atoms. The summed E-state index contributed by atoms with van der Waals surface area (Å²) in [4.78, 5) is 10.9. The van der Waals surface area contributed by atoms with E-state index in [-0.39, 0.29) is 5.91 Å². The summed E-state index contributed by atoms with van der Waals surface area (Å²) in [5.74, 6) is -0.178. The van der Waals surface area contributed by atoms with E-state index in [0.29, 0.717) is 11.3 Å². The third kappa shape index (κ3) is 1.55. The van der Waals surface area contributed by atoms with Gasteiger partial charge in [-0.3, -0.25) is 4.79 Å². The molecule has 2 aromatic rings. The van der Waals surface area contributed by atoms with Crippen LogP contribution in [0.1, 0.15) is 12.5 Å². The topological polar surface area (TPSA) is 57.3 Å². The Morgan fingerprint density at radius 3 is 3.00 bits per heavy atom. The Hall–Kier alpha value is -2.28. The average molecular weight is 199 g/mol. The average Bonchev–Trinajstić information content (AvgIpc) is 2.53. The first kappa shape index (κ1) is 9.28. The molecule has 4 nitrogen and oxygen atoms in total. The van der Waals surface area contributed by atoms with Crippen LogP contribution >= 0.6 is 0 Å². The number of nitrogens with zero attached hydrogens (tertiary/aromatic N) is 2. The summed E-state index contributed by atoms with van der Waals surface area (Å²) in [6, 6.07) is 7.65. The van der Waals surface area contributed by atoms with Gasteiger partial charge in [-0.05, 0) is 12.1 Å². The summed E-state index contributed by atoms with van der Waals surface area (Å²) in [6.45, 7) is 1.42. The Labute approximate surface area is 86.7 Å². The number of carbonyl (C=O) groups is 1. The van der Waals surface area contributed by atoms with Gasteiger partial charge in [-0.2, -0.15) is 5.26 Å². The zero-order chi connectivity index (χ0) is 10.8. The molecule has 0 aromatic carbocycles.